The van der Waals surface area contributed by atoms with Gasteiger partial charge in [-0.15, -0.1) is 0 Å². The number of aliphatic carboxylic acids is 1. The van der Waals surface area contributed by atoms with Gasteiger partial charge in [-0.25, -0.2) is 4.79 Å². The number of nitrogens with zero attached hydrogens (tertiary/aromatic N) is 1. The molecule has 0 saturated carbocycles. The number of carboxylic acid groups (broad SMARTS) is 1. The number of aromatic nitrogens is 1. The monoisotopic (exact) mass is 141 g/mol. The van der Waals surface area contributed by atoms with Crippen LogP contribution in [0.25, 0.3) is 0 Å². The summed E-state index contributed by atoms with van der Waals surface area (Å²) in [7, 11) is 0. The molecule has 1 aromatic rings. The molecular weight excluding hydrogens is 138 g/mol. The Morgan fingerprint density at radius 1 is 1.60 bits per heavy atom. The zero-order chi connectivity index (χ0) is 7.56. The van der Waals surface area contributed by atoms with Crippen LogP contribution in [0.15, 0.2) is 16.9 Å². The summed E-state index contributed by atoms with van der Waals surface area (Å²) in [6.07, 6.45) is 1.14. The van der Waals surface area contributed by atoms with Gasteiger partial charge in [-0.1, -0.05) is 5.16 Å². The fraction of sp³-hybridized carbons (Fsp3) is 0. The van der Waals surface area contributed by atoms with Crippen LogP contribution in [0.4, 0.5) is 0 Å². The molecular formula is C5H3NO4. The van der Waals surface area contributed by atoms with Crippen molar-refractivity contribution in [2.75, 3.05) is 0 Å². The SMILES string of the molecule is O=C(O)C(=O)c1ccon1. The second-order valence-corrected chi connectivity index (χ2v) is 1.52. The van der Waals surface area contributed by atoms with E-state index >= 15 is 0 Å². The summed E-state index contributed by atoms with van der Waals surface area (Å²) < 4.78 is 4.25. The number of ketones is 1. The second-order valence-electron chi connectivity index (χ2n) is 1.52. The van der Waals surface area contributed by atoms with Crippen molar-refractivity contribution in [2.45, 2.75) is 0 Å². The quantitative estimate of drug-likeness (QED) is 0.461. The second kappa shape index (κ2) is 2.30. The molecule has 0 unspecified atom stereocenters. The van der Waals surface area contributed by atoms with Crippen molar-refractivity contribution < 1.29 is 19.2 Å². The van der Waals surface area contributed by atoms with Gasteiger partial charge in [0.2, 0.25) is 0 Å². The molecule has 0 atom stereocenters. The van der Waals surface area contributed by atoms with Crippen LogP contribution in [0.3, 0.4) is 0 Å². The number of carboxylic acids is 1. The van der Waals surface area contributed by atoms with Crippen LogP contribution in [0.1, 0.15) is 10.5 Å². The van der Waals surface area contributed by atoms with E-state index in [-0.39, 0.29) is 5.69 Å². The van der Waals surface area contributed by atoms with Gasteiger partial charge in [0.05, 0.1) is 0 Å². The first kappa shape index (κ1) is 6.47. The highest BCUT2D eigenvalue weighted by atomic mass is 16.5. The van der Waals surface area contributed by atoms with Gasteiger partial charge in [-0.05, 0) is 0 Å². The molecule has 0 amide bonds. The Labute approximate surface area is 55.2 Å². The standard InChI is InChI=1S/C5H3NO4/c7-4(5(8)9)3-1-2-10-6-3/h1-2H,(H,8,9). The Balaban J connectivity index is 2.88. The first-order chi connectivity index (χ1) is 4.72. The summed E-state index contributed by atoms with van der Waals surface area (Å²) in [5.41, 5.74) is -0.187. The molecule has 1 N–H and O–H groups in total. The zero-order valence-corrected chi connectivity index (χ0v) is 4.77. The van der Waals surface area contributed by atoms with Gasteiger partial charge < -0.3 is 9.63 Å². The van der Waals surface area contributed by atoms with E-state index in [0.717, 1.165) is 6.26 Å². The van der Waals surface area contributed by atoms with Gasteiger partial charge in [0.1, 0.15) is 6.26 Å². The van der Waals surface area contributed by atoms with Crippen molar-refractivity contribution >= 4 is 11.8 Å². The van der Waals surface area contributed by atoms with Crippen LogP contribution in [0.5, 0.6) is 0 Å². The number of Topliss-reactive ketones (excluding diaryl/α,β-unsaturated/α-hetero) is 1. The van der Waals surface area contributed by atoms with E-state index in [1.54, 1.807) is 0 Å². The molecule has 1 rings (SSSR count). The minimum Gasteiger partial charge on any atom is -0.475 e. The van der Waals surface area contributed by atoms with Gasteiger partial charge in [-0.2, -0.15) is 0 Å². The maximum absolute atomic E-state index is 10.5. The summed E-state index contributed by atoms with van der Waals surface area (Å²) in [5.74, 6) is -2.59. The average molecular weight is 141 g/mol. The third-order valence-corrected chi connectivity index (χ3v) is 0.865. The average Bonchev–Trinajstić information content (AvgIpc) is 2.36. The lowest BCUT2D eigenvalue weighted by Crippen LogP contribution is -2.12. The summed E-state index contributed by atoms with van der Waals surface area (Å²) in [6.45, 7) is 0. The van der Waals surface area contributed by atoms with E-state index in [2.05, 4.69) is 9.68 Å². The van der Waals surface area contributed by atoms with Crippen LogP contribution in [0.2, 0.25) is 0 Å². The van der Waals surface area contributed by atoms with Crippen molar-refractivity contribution in [2.24, 2.45) is 0 Å². The van der Waals surface area contributed by atoms with E-state index in [1.165, 1.54) is 6.07 Å². The minimum atomic E-state index is -1.53. The number of hydrogen-bond acceptors (Lipinski definition) is 4. The first-order valence-corrected chi connectivity index (χ1v) is 2.40. The molecule has 10 heavy (non-hydrogen) atoms. The summed E-state index contributed by atoms with van der Waals surface area (Å²) in [4.78, 5) is 20.5. The summed E-state index contributed by atoms with van der Waals surface area (Å²) >= 11 is 0. The number of rotatable bonds is 2. The van der Waals surface area contributed by atoms with Crippen molar-refractivity contribution in [3.63, 3.8) is 0 Å². The van der Waals surface area contributed by atoms with Crippen LogP contribution in [-0.2, 0) is 4.79 Å². The van der Waals surface area contributed by atoms with Crippen molar-refractivity contribution in [3.05, 3.63) is 18.0 Å². The van der Waals surface area contributed by atoms with Gasteiger partial charge in [-0.3, -0.25) is 4.79 Å². The number of hydrogen-bond donors (Lipinski definition) is 1. The lowest BCUT2D eigenvalue weighted by atomic mass is 10.3. The van der Waals surface area contributed by atoms with E-state index < -0.39 is 11.8 Å². The van der Waals surface area contributed by atoms with E-state index in [1.807, 2.05) is 0 Å². The molecule has 1 aromatic heterocycles. The predicted octanol–water partition coefficient (Wildman–Crippen LogP) is -0.0581. The minimum absolute atomic E-state index is 0.187. The predicted molar refractivity (Wildman–Crippen MR) is 28.5 cm³/mol. The maximum Gasteiger partial charge on any atom is 0.379 e. The topological polar surface area (TPSA) is 80.4 Å². The van der Waals surface area contributed by atoms with Gasteiger partial charge in [0.15, 0.2) is 5.69 Å². The first-order valence-electron chi connectivity index (χ1n) is 2.40. The lowest BCUT2D eigenvalue weighted by molar-refractivity contribution is -0.131. The molecule has 52 valence electrons. The van der Waals surface area contributed by atoms with Crippen molar-refractivity contribution in [1.82, 2.24) is 5.16 Å². The Kier molecular flexibility index (Phi) is 1.49. The highest BCUT2D eigenvalue weighted by Crippen LogP contribution is 1.94. The molecule has 0 saturated heterocycles. The van der Waals surface area contributed by atoms with Crippen molar-refractivity contribution in [3.8, 4) is 0 Å². The molecule has 0 aliphatic carbocycles. The Morgan fingerprint density at radius 3 is 2.70 bits per heavy atom. The van der Waals surface area contributed by atoms with Crippen LogP contribution in [-0.4, -0.2) is 22.0 Å². The largest absolute Gasteiger partial charge is 0.475 e. The van der Waals surface area contributed by atoms with Gasteiger partial charge >= 0.3 is 5.97 Å². The molecule has 0 aliphatic heterocycles. The fourth-order valence-electron chi connectivity index (χ4n) is 0.439. The third kappa shape index (κ3) is 1.02. The lowest BCUT2D eigenvalue weighted by Gasteiger charge is -1.82. The van der Waals surface area contributed by atoms with Crippen LogP contribution in [0, 0.1) is 0 Å². The smallest absolute Gasteiger partial charge is 0.379 e. The van der Waals surface area contributed by atoms with Gasteiger partial charge in [0.25, 0.3) is 5.78 Å². The Bertz CT molecular complexity index is 251. The van der Waals surface area contributed by atoms with E-state index in [0.29, 0.717) is 0 Å². The summed E-state index contributed by atoms with van der Waals surface area (Å²) in [5, 5.41) is 11.3. The summed E-state index contributed by atoms with van der Waals surface area (Å²) in [6, 6.07) is 1.19. The maximum atomic E-state index is 10.5. The highest BCUT2D eigenvalue weighted by Gasteiger charge is 2.16. The normalized spacial score (nSPS) is 9.20. The molecule has 1 heterocycles. The molecule has 0 fully saturated rings. The Morgan fingerprint density at radius 2 is 2.30 bits per heavy atom. The molecule has 0 aliphatic rings. The Hall–Kier alpha value is -1.65. The van der Waals surface area contributed by atoms with Crippen LogP contribution < -0.4 is 0 Å². The third-order valence-electron chi connectivity index (χ3n) is 0.865. The molecule has 0 aromatic carbocycles. The molecule has 5 heteroatoms. The number of carbonyl (C=O) groups excluding carboxylic acids is 1. The highest BCUT2D eigenvalue weighted by molar-refractivity contribution is 6.39. The number of carbonyl (C=O) groups is 2. The molecule has 0 bridgehead atoms. The van der Waals surface area contributed by atoms with Crippen molar-refractivity contribution in [1.29, 1.82) is 0 Å². The van der Waals surface area contributed by atoms with E-state index in [4.69, 9.17) is 5.11 Å². The molecule has 5 nitrogen and oxygen atoms in total. The fourth-order valence-corrected chi connectivity index (χ4v) is 0.439. The van der Waals surface area contributed by atoms with Crippen LogP contribution >= 0.6 is 0 Å². The zero-order valence-electron chi connectivity index (χ0n) is 4.77. The van der Waals surface area contributed by atoms with E-state index in [9.17, 15) is 9.59 Å². The molecule has 0 radical (unpaired) electrons. The molecule has 0 spiro atoms. The van der Waals surface area contributed by atoms with Gasteiger partial charge in [0, 0.05) is 6.07 Å².